The van der Waals surface area contributed by atoms with Crippen molar-refractivity contribution in [3.05, 3.63) is 84.2 Å². The molecule has 0 spiro atoms. The molecule has 36 heavy (non-hydrogen) atoms. The van der Waals surface area contributed by atoms with Gasteiger partial charge in [-0.2, -0.15) is 0 Å². The summed E-state index contributed by atoms with van der Waals surface area (Å²) in [6, 6.07) is 20.0. The normalized spacial score (nSPS) is 14.3. The number of carbonyl (C=O) groups excluding carboxylic acids is 1. The number of nitrogens with zero attached hydrogens (tertiary/aromatic N) is 4. The zero-order valence-corrected chi connectivity index (χ0v) is 21.3. The molecule has 186 valence electrons. The van der Waals surface area contributed by atoms with Gasteiger partial charge in [-0.25, -0.2) is 17.8 Å². The predicted molar refractivity (Wildman–Crippen MR) is 141 cm³/mol. The van der Waals surface area contributed by atoms with E-state index in [0.717, 1.165) is 9.83 Å². The van der Waals surface area contributed by atoms with E-state index in [1.807, 2.05) is 12.1 Å². The molecular formula is C26H25FN4O3S2. The number of hydrogen-bond acceptors (Lipinski definition) is 6. The van der Waals surface area contributed by atoms with Crippen LogP contribution in [-0.4, -0.2) is 56.9 Å². The average molecular weight is 525 g/mol. The third-order valence-corrected chi connectivity index (χ3v) is 9.22. The fourth-order valence-electron chi connectivity index (χ4n) is 4.30. The number of para-hydroxylation sites is 2. The largest absolute Gasteiger partial charge is 0.345 e. The smallest absolute Gasteiger partial charge is 0.264 e. The van der Waals surface area contributed by atoms with Crippen LogP contribution >= 0.6 is 11.3 Å². The van der Waals surface area contributed by atoms with Crippen LogP contribution in [0.15, 0.2) is 77.7 Å². The van der Waals surface area contributed by atoms with Crippen molar-refractivity contribution < 1.29 is 17.6 Å². The molecule has 0 atom stereocenters. The van der Waals surface area contributed by atoms with Gasteiger partial charge in [-0.05, 0) is 55.5 Å². The molecule has 4 aromatic rings. The lowest BCUT2D eigenvalue weighted by atomic mass is 10.2. The number of piperazine rings is 1. The quantitative estimate of drug-likeness (QED) is 0.368. The van der Waals surface area contributed by atoms with Gasteiger partial charge in [0.2, 0.25) is 0 Å². The topological polar surface area (TPSA) is 73.8 Å². The fourth-order valence-corrected chi connectivity index (χ4v) is 6.81. The molecule has 0 N–H and O–H groups in total. The third kappa shape index (κ3) is 4.54. The maximum atomic E-state index is 14.0. The second-order valence-electron chi connectivity index (χ2n) is 8.39. The number of anilines is 2. The van der Waals surface area contributed by atoms with E-state index in [4.69, 9.17) is 0 Å². The Kier molecular flexibility index (Phi) is 6.63. The van der Waals surface area contributed by atoms with Crippen LogP contribution in [0.4, 0.5) is 15.2 Å². The van der Waals surface area contributed by atoms with E-state index in [-0.39, 0.29) is 16.6 Å². The Morgan fingerprint density at radius 1 is 0.972 bits per heavy atom. The molecule has 7 nitrogen and oxygen atoms in total. The maximum Gasteiger partial charge on any atom is 0.264 e. The van der Waals surface area contributed by atoms with E-state index in [2.05, 4.69) is 9.88 Å². The van der Waals surface area contributed by atoms with E-state index in [1.54, 1.807) is 54.3 Å². The van der Waals surface area contributed by atoms with Crippen LogP contribution in [0.1, 0.15) is 17.3 Å². The minimum absolute atomic E-state index is 0.137. The summed E-state index contributed by atoms with van der Waals surface area (Å²) < 4.78 is 42.6. The van der Waals surface area contributed by atoms with Crippen LogP contribution < -0.4 is 9.21 Å². The van der Waals surface area contributed by atoms with Crippen molar-refractivity contribution in [1.29, 1.82) is 0 Å². The lowest BCUT2D eigenvalue weighted by molar-refractivity contribution is 0.0746. The summed E-state index contributed by atoms with van der Waals surface area (Å²) in [4.78, 5) is 21.5. The number of benzene rings is 3. The number of amides is 1. The van der Waals surface area contributed by atoms with Crippen LogP contribution in [0, 0.1) is 5.82 Å². The van der Waals surface area contributed by atoms with Crippen molar-refractivity contribution in [3.8, 4) is 0 Å². The van der Waals surface area contributed by atoms with Gasteiger partial charge in [0.25, 0.3) is 15.9 Å². The highest BCUT2D eigenvalue weighted by atomic mass is 32.2. The Bertz CT molecular complexity index is 1480. The summed E-state index contributed by atoms with van der Waals surface area (Å²) in [5, 5.41) is 0.746. The molecule has 0 unspecified atom stereocenters. The predicted octanol–water partition coefficient (Wildman–Crippen LogP) is 4.61. The highest BCUT2D eigenvalue weighted by Gasteiger charge is 2.26. The molecule has 5 rings (SSSR count). The van der Waals surface area contributed by atoms with Gasteiger partial charge in [0.05, 0.1) is 15.3 Å². The Hall–Kier alpha value is -3.50. The average Bonchev–Trinajstić information content (AvgIpc) is 3.35. The van der Waals surface area contributed by atoms with Crippen LogP contribution in [0.2, 0.25) is 0 Å². The first-order valence-corrected chi connectivity index (χ1v) is 13.9. The Balaban J connectivity index is 1.26. The summed E-state index contributed by atoms with van der Waals surface area (Å²) in [6.07, 6.45) is 0. The zero-order chi connectivity index (χ0) is 25.3. The third-order valence-electron chi connectivity index (χ3n) is 6.22. The highest BCUT2D eigenvalue weighted by molar-refractivity contribution is 7.92. The number of fused-ring (bicyclic) bond motifs is 1. The summed E-state index contributed by atoms with van der Waals surface area (Å²) >= 11 is 1.44. The second-order valence-corrected chi connectivity index (χ2v) is 11.3. The number of rotatable bonds is 6. The summed E-state index contributed by atoms with van der Waals surface area (Å²) in [5.74, 6) is -0.482. The van der Waals surface area contributed by atoms with Gasteiger partial charge >= 0.3 is 0 Å². The summed E-state index contributed by atoms with van der Waals surface area (Å²) in [6.45, 7) is 4.24. The van der Waals surface area contributed by atoms with Gasteiger partial charge in [-0.3, -0.25) is 9.10 Å². The number of hydrogen-bond donors (Lipinski definition) is 0. The van der Waals surface area contributed by atoms with E-state index < -0.39 is 10.0 Å². The number of aromatic nitrogens is 1. The Morgan fingerprint density at radius 2 is 1.67 bits per heavy atom. The standard InChI is InChI=1S/C26H25FN4O3S2/c1-2-31(20-7-4-3-5-8-20)36(33,34)21-13-11-19(12-14-21)25(32)29-15-17-30(18-16-29)26-28-24-22(27)9-6-10-23(24)35-26/h3-14H,2,15-18H2,1H3. The second kappa shape index (κ2) is 9.87. The first-order chi connectivity index (χ1) is 17.4. The molecule has 3 aromatic carbocycles. The molecule has 2 heterocycles. The van der Waals surface area contributed by atoms with E-state index in [0.29, 0.717) is 49.5 Å². The minimum atomic E-state index is -3.75. The van der Waals surface area contributed by atoms with Crippen LogP contribution in [0.25, 0.3) is 10.2 Å². The minimum Gasteiger partial charge on any atom is -0.345 e. The van der Waals surface area contributed by atoms with Crippen molar-refractivity contribution in [2.45, 2.75) is 11.8 Å². The van der Waals surface area contributed by atoms with Crippen molar-refractivity contribution in [3.63, 3.8) is 0 Å². The maximum absolute atomic E-state index is 14.0. The van der Waals surface area contributed by atoms with Crippen LogP contribution in [-0.2, 0) is 10.0 Å². The van der Waals surface area contributed by atoms with E-state index >= 15 is 0 Å². The lowest BCUT2D eigenvalue weighted by Gasteiger charge is -2.34. The molecule has 1 fully saturated rings. The summed E-state index contributed by atoms with van der Waals surface area (Å²) in [7, 11) is -3.75. The van der Waals surface area contributed by atoms with Gasteiger partial charge in [0, 0.05) is 38.3 Å². The number of sulfonamides is 1. The van der Waals surface area contributed by atoms with Crippen molar-refractivity contribution >= 4 is 48.3 Å². The van der Waals surface area contributed by atoms with Gasteiger partial charge in [-0.15, -0.1) is 0 Å². The zero-order valence-electron chi connectivity index (χ0n) is 19.7. The first-order valence-electron chi connectivity index (χ1n) is 11.7. The van der Waals surface area contributed by atoms with Gasteiger partial charge < -0.3 is 9.80 Å². The number of halogens is 1. The molecule has 1 aliphatic heterocycles. The Labute approximate surface area is 213 Å². The SMILES string of the molecule is CCN(c1ccccc1)S(=O)(=O)c1ccc(C(=O)N2CCN(c3nc4c(F)cccc4s3)CC2)cc1. The summed E-state index contributed by atoms with van der Waals surface area (Å²) in [5.41, 5.74) is 1.40. The molecule has 10 heteroatoms. The first kappa shape index (κ1) is 24.2. The van der Waals surface area contributed by atoms with Crippen molar-refractivity contribution in [2.75, 3.05) is 41.9 Å². The van der Waals surface area contributed by atoms with E-state index in [1.165, 1.54) is 33.8 Å². The molecule has 0 bridgehead atoms. The number of carbonyl (C=O) groups is 1. The molecule has 1 saturated heterocycles. The molecular weight excluding hydrogens is 499 g/mol. The van der Waals surface area contributed by atoms with Crippen LogP contribution in [0.3, 0.4) is 0 Å². The van der Waals surface area contributed by atoms with Crippen LogP contribution in [0.5, 0.6) is 0 Å². The Morgan fingerprint density at radius 3 is 2.31 bits per heavy atom. The van der Waals surface area contributed by atoms with Crippen molar-refractivity contribution in [1.82, 2.24) is 9.88 Å². The van der Waals surface area contributed by atoms with Gasteiger partial charge in [0.15, 0.2) is 5.13 Å². The highest BCUT2D eigenvalue weighted by Crippen LogP contribution is 2.31. The molecule has 1 aromatic heterocycles. The van der Waals surface area contributed by atoms with Crippen molar-refractivity contribution in [2.24, 2.45) is 0 Å². The lowest BCUT2D eigenvalue weighted by Crippen LogP contribution is -2.48. The molecule has 1 aliphatic rings. The van der Waals surface area contributed by atoms with Gasteiger partial charge in [0.1, 0.15) is 11.3 Å². The molecule has 0 saturated carbocycles. The van der Waals surface area contributed by atoms with E-state index in [9.17, 15) is 17.6 Å². The molecule has 0 radical (unpaired) electrons. The molecule has 0 aliphatic carbocycles. The monoisotopic (exact) mass is 524 g/mol. The molecule has 1 amide bonds. The fraction of sp³-hybridized carbons (Fsp3) is 0.231. The van der Waals surface area contributed by atoms with Gasteiger partial charge in [-0.1, -0.05) is 35.6 Å². The number of thiazole rings is 1.